The van der Waals surface area contributed by atoms with Gasteiger partial charge in [-0.15, -0.1) is 0 Å². The molecule has 4 aromatic rings. The van der Waals surface area contributed by atoms with Crippen molar-refractivity contribution in [2.75, 3.05) is 19.6 Å². The molecule has 6 rings (SSSR count). The summed E-state index contributed by atoms with van der Waals surface area (Å²) in [5.41, 5.74) is 3.64. The van der Waals surface area contributed by atoms with Crippen LogP contribution in [0.4, 0.5) is 8.78 Å². The van der Waals surface area contributed by atoms with Gasteiger partial charge in [-0.3, -0.25) is 14.0 Å². The summed E-state index contributed by atoms with van der Waals surface area (Å²) >= 11 is 1.48. The number of nitrogens with zero attached hydrogens (tertiary/aromatic N) is 3. The van der Waals surface area contributed by atoms with Crippen LogP contribution in [0.15, 0.2) is 42.6 Å². The van der Waals surface area contributed by atoms with Crippen molar-refractivity contribution >= 4 is 38.2 Å². The number of ketones is 1. The van der Waals surface area contributed by atoms with Crippen LogP contribution in [-0.2, 0) is 4.79 Å². The van der Waals surface area contributed by atoms with Crippen LogP contribution in [0, 0.1) is 5.82 Å². The van der Waals surface area contributed by atoms with Crippen LogP contribution in [0.25, 0.3) is 26.4 Å². The number of nitrogens with one attached hydrogen (secondary N) is 1. The molecule has 9 heteroatoms. The van der Waals surface area contributed by atoms with E-state index in [-0.39, 0.29) is 30.0 Å². The Morgan fingerprint density at radius 2 is 2.05 bits per heavy atom. The van der Waals surface area contributed by atoms with Crippen molar-refractivity contribution in [3.63, 3.8) is 0 Å². The smallest absolute Gasteiger partial charge is 0.225 e. The SMILES string of the molecule is O=C(CCCCN1CCC(F)CC1=O)c1ccc2c(c1)sc1nc(-c3ccc([C@H]4CCCN4)cc3F)cn12. The summed E-state index contributed by atoms with van der Waals surface area (Å²) in [5.74, 6) is -0.339. The molecular formula is C29H30F2N4O2S. The second-order valence-electron chi connectivity index (χ2n) is 10.3. The lowest BCUT2D eigenvalue weighted by Crippen LogP contribution is -2.40. The van der Waals surface area contributed by atoms with Gasteiger partial charge in [0.2, 0.25) is 5.91 Å². The molecule has 1 amide bonds. The van der Waals surface area contributed by atoms with Gasteiger partial charge in [-0.2, -0.15) is 0 Å². The fraction of sp³-hybridized carbons (Fsp3) is 0.414. The molecule has 0 spiro atoms. The third-order valence-corrected chi connectivity index (χ3v) is 8.71. The number of thiazole rings is 1. The molecule has 2 fully saturated rings. The first kappa shape index (κ1) is 25.1. The number of alkyl halides is 1. The Kier molecular flexibility index (Phi) is 6.97. The Morgan fingerprint density at radius 1 is 1.16 bits per heavy atom. The highest BCUT2D eigenvalue weighted by Crippen LogP contribution is 2.33. The third kappa shape index (κ3) is 4.97. The average molecular weight is 537 g/mol. The molecule has 2 aromatic carbocycles. The van der Waals surface area contributed by atoms with E-state index in [2.05, 4.69) is 10.3 Å². The number of piperidine rings is 1. The maximum absolute atomic E-state index is 15.0. The molecule has 198 valence electrons. The van der Waals surface area contributed by atoms with Crippen molar-refractivity contribution in [3.05, 3.63) is 59.5 Å². The summed E-state index contributed by atoms with van der Waals surface area (Å²) in [6, 6.07) is 11.3. The van der Waals surface area contributed by atoms with E-state index in [4.69, 9.17) is 0 Å². The van der Waals surface area contributed by atoms with Crippen molar-refractivity contribution in [2.24, 2.45) is 0 Å². The van der Waals surface area contributed by atoms with Crippen LogP contribution in [0.3, 0.4) is 0 Å². The number of unbranched alkanes of at least 4 members (excludes halogenated alkanes) is 1. The molecule has 4 heterocycles. The molecule has 0 radical (unpaired) electrons. The molecular weight excluding hydrogens is 506 g/mol. The van der Waals surface area contributed by atoms with Crippen molar-refractivity contribution in [1.29, 1.82) is 0 Å². The Morgan fingerprint density at radius 3 is 2.84 bits per heavy atom. The van der Waals surface area contributed by atoms with Gasteiger partial charge in [0.15, 0.2) is 10.7 Å². The minimum atomic E-state index is -1.02. The zero-order chi connectivity index (χ0) is 26.2. The summed E-state index contributed by atoms with van der Waals surface area (Å²) in [6.45, 7) is 2.00. The van der Waals surface area contributed by atoms with E-state index < -0.39 is 6.17 Å². The Hall–Kier alpha value is -3.17. The van der Waals surface area contributed by atoms with E-state index in [1.54, 1.807) is 11.0 Å². The lowest BCUT2D eigenvalue weighted by molar-refractivity contribution is -0.135. The number of aromatic nitrogens is 2. The van der Waals surface area contributed by atoms with Gasteiger partial charge in [0.1, 0.15) is 12.0 Å². The number of imidazole rings is 1. The van der Waals surface area contributed by atoms with E-state index in [1.807, 2.05) is 40.9 Å². The van der Waals surface area contributed by atoms with Crippen LogP contribution in [0.5, 0.6) is 0 Å². The molecule has 1 unspecified atom stereocenters. The Balaban J connectivity index is 1.12. The van der Waals surface area contributed by atoms with Crippen LogP contribution < -0.4 is 5.32 Å². The fourth-order valence-corrected chi connectivity index (χ4v) is 6.59. The maximum atomic E-state index is 15.0. The first-order valence-corrected chi connectivity index (χ1v) is 14.2. The molecule has 0 saturated carbocycles. The van der Waals surface area contributed by atoms with E-state index in [1.165, 1.54) is 11.3 Å². The van der Waals surface area contributed by atoms with Crippen LogP contribution in [0.2, 0.25) is 0 Å². The number of benzene rings is 2. The molecule has 2 aromatic heterocycles. The molecule has 2 saturated heterocycles. The van der Waals surface area contributed by atoms with Crippen molar-refractivity contribution in [3.8, 4) is 11.3 Å². The predicted molar refractivity (Wildman–Crippen MR) is 145 cm³/mol. The van der Waals surface area contributed by atoms with Gasteiger partial charge in [0, 0.05) is 42.9 Å². The van der Waals surface area contributed by atoms with Gasteiger partial charge in [-0.1, -0.05) is 17.4 Å². The summed E-state index contributed by atoms with van der Waals surface area (Å²) in [7, 11) is 0. The number of Topliss-reactive ketones (excluding diaryl/α,β-unsaturated/α-hetero) is 1. The van der Waals surface area contributed by atoms with Gasteiger partial charge in [0.25, 0.3) is 0 Å². The minimum Gasteiger partial charge on any atom is -0.343 e. The number of hydrogen-bond donors (Lipinski definition) is 1. The summed E-state index contributed by atoms with van der Waals surface area (Å²) in [6.07, 6.45) is 5.14. The topological polar surface area (TPSA) is 66.7 Å². The Bertz CT molecular complexity index is 1510. The van der Waals surface area contributed by atoms with E-state index in [0.717, 1.165) is 46.5 Å². The lowest BCUT2D eigenvalue weighted by Gasteiger charge is -2.28. The maximum Gasteiger partial charge on any atom is 0.225 e. The molecule has 0 aliphatic carbocycles. The largest absolute Gasteiger partial charge is 0.343 e. The van der Waals surface area contributed by atoms with Crippen molar-refractivity contribution < 1.29 is 18.4 Å². The molecule has 0 bridgehead atoms. The van der Waals surface area contributed by atoms with Gasteiger partial charge in [-0.05, 0) is 74.5 Å². The fourth-order valence-electron chi connectivity index (χ4n) is 5.54. The normalized spacial score (nSPS) is 20.2. The molecule has 1 N–H and O–H groups in total. The zero-order valence-corrected chi connectivity index (χ0v) is 21.9. The number of hydrogen-bond acceptors (Lipinski definition) is 5. The second-order valence-corrected chi connectivity index (χ2v) is 11.3. The quantitative estimate of drug-likeness (QED) is 0.219. The van der Waals surface area contributed by atoms with Gasteiger partial charge in [-0.25, -0.2) is 13.8 Å². The monoisotopic (exact) mass is 536 g/mol. The van der Waals surface area contributed by atoms with Crippen molar-refractivity contribution in [1.82, 2.24) is 19.6 Å². The lowest BCUT2D eigenvalue weighted by atomic mass is 10.0. The second kappa shape index (κ2) is 10.5. The van der Waals surface area contributed by atoms with E-state index in [0.29, 0.717) is 49.2 Å². The highest BCUT2D eigenvalue weighted by Gasteiger charge is 2.25. The highest BCUT2D eigenvalue weighted by atomic mass is 32.1. The van der Waals surface area contributed by atoms with Gasteiger partial charge in [0.05, 0.1) is 22.3 Å². The molecule has 6 nitrogen and oxygen atoms in total. The number of carbonyl (C=O) groups excluding carboxylic acids is 2. The first-order valence-electron chi connectivity index (χ1n) is 13.4. The van der Waals surface area contributed by atoms with E-state index in [9.17, 15) is 14.0 Å². The van der Waals surface area contributed by atoms with Crippen LogP contribution in [-0.4, -0.2) is 51.8 Å². The van der Waals surface area contributed by atoms with Crippen molar-refractivity contribution in [2.45, 2.75) is 57.2 Å². The number of carbonyl (C=O) groups is 2. The van der Waals surface area contributed by atoms with Crippen LogP contribution >= 0.6 is 11.3 Å². The van der Waals surface area contributed by atoms with E-state index >= 15 is 4.39 Å². The minimum absolute atomic E-state index is 0.0237. The number of halogens is 2. The zero-order valence-electron chi connectivity index (χ0n) is 21.1. The average Bonchev–Trinajstić information content (AvgIpc) is 3.64. The number of fused-ring (bicyclic) bond motifs is 3. The predicted octanol–water partition coefficient (Wildman–Crippen LogP) is 6.09. The highest BCUT2D eigenvalue weighted by molar-refractivity contribution is 7.23. The van der Waals surface area contributed by atoms with Gasteiger partial charge < -0.3 is 10.2 Å². The van der Waals surface area contributed by atoms with Gasteiger partial charge >= 0.3 is 0 Å². The molecule has 2 atom stereocenters. The summed E-state index contributed by atoms with van der Waals surface area (Å²) < 4.78 is 31.2. The third-order valence-electron chi connectivity index (χ3n) is 7.69. The molecule has 38 heavy (non-hydrogen) atoms. The number of amides is 1. The number of likely N-dealkylation sites (tertiary alicyclic amines) is 1. The summed E-state index contributed by atoms with van der Waals surface area (Å²) in [5, 5.41) is 3.41. The van der Waals surface area contributed by atoms with Crippen LogP contribution in [0.1, 0.15) is 66.9 Å². The summed E-state index contributed by atoms with van der Waals surface area (Å²) in [4.78, 5) is 31.8. The Labute approximate surface area is 223 Å². The standard InChI is InChI=1S/C29H30F2N4O2S/c30-20-10-13-34(28(37)16-20)12-2-1-5-26(36)19-7-9-25-27(15-19)38-29-33-24(17-35(25)29)21-8-6-18(14-22(21)31)23-4-3-11-32-23/h6-9,14-15,17,20,23,32H,1-5,10-13,16H2/t20?,23-/m1/s1. The molecule has 2 aliphatic rings. The first-order chi connectivity index (χ1) is 18.5. The number of rotatable bonds is 8. The molecule has 2 aliphatic heterocycles.